The van der Waals surface area contributed by atoms with Crippen LogP contribution in [0.2, 0.25) is 0 Å². The standard InChI is InChI=1S/C5H8N2O2/c6-9-5(8)1-4-2-7-3-4/h1,7H,2-3,6H2. The lowest BCUT2D eigenvalue weighted by molar-refractivity contribution is -0.138. The molecule has 0 aliphatic carbocycles. The Morgan fingerprint density at radius 1 is 1.78 bits per heavy atom. The Labute approximate surface area is 52.6 Å². The van der Waals surface area contributed by atoms with Crippen molar-refractivity contribution in [3.8, 4) is 0 Å². The van der Waals surface area contributed by atoms with Crippen molar-refractivity contribution in [3.05, 3.63) is 11.6 Å². The molecule has 0 aromatic carbocycles. The molecule has 1 fully saturated rings. The topological polar surface area (TPSA) is 64.3 Å². The minimum atomic E-state index is -0.480. The first-order chi connectivity index (χ1) is 4.33. The third-order valence-corrected chi connectivity index (χ3v) is 1.14. The van der Waals surface area contributed by atoms with E-state index in [0.717, 1.165) is 18.7 Å². The van der Waals surface area contributed by atoms with E-state index in [-0.39, 0.29) is 0 Å². The maximum atomic E-state index is 10.4. The normalized spacial score (nSPS) is 16.3. The van der Waals surface area contributed by atoms with E-state index in [2.05, 4.69) is 16.1 Å². The molecule has 0 atom stereocenters. The highest BCUT2D eigenvalue weighted by Gasteiger charge is 2.08. The molecule has 1 saturated heterocycles. The van der Waals surface area contributed by atoms with Gasteiger partial charge in [-0.05, 0) is 5.57 Å². The summed E-state index contributed by atoms with van der Waals surface area (Å²) >= 11 is 0. The number of carbonyl (C=O) groups is 1. The number of hydrogen-bond acceptors (Lipinski definition) is 4. The molecule has 1 heterocycles. The van der Waals surface area contributed by atoms with Crippen LogP contribution in [0.15, 0.2) is 11.6 Å². The minimum Gasteiger partial charge on any atom is -0.370 e. The van der Waals surface area contributed by atoms with E-state index >= 15 is 0 Å². The summed E-state index contributed by atoms with van der Waals surface area (Å²) in [5, 5.41) is 2.97. The van der Waals surface area contributed by atoms with E-state index in [9.17, 15) is 4.79 Å². The molecule has 4 nitrogen and oxygen atoms in total. The molecule has 1 aliphatic rings. The van der Waals surface area contributed by atoms with Crippen LogP contribution in [-0.4, -0.2) is 19.1 Å². The zero-order valence-electron chi connectivity index (χ0n) is 4.89. The van der Waals surface area contributed by atoms with E-state index in [4.69, 9.17) is 0 Å². The average molecular weight is 128 g/mol. The number of nitrogens with one attached hydrogen (secondary N) is 1. The minimum absolute atomic E-state index is 0.480. The number of rotatable bonds is 1. The SMILES string of the molecule is NOC(=O)C=C1CNC1. The van der Waals surface area contributed by atoms with Crippen molar-refractivity contribution in [1.82, 2.24) is 5.32 Å². The van der Waals surface area contributed by atoms with Gasteiger partial charge in [-0.2, -0.15) is 5.90 Å². The highest BCUT2D eigenvalue weighted by atomic mass is 16.7. The van der Waals surface area contributed by atoms with Gasteiger partial charge in [0.05, 0.1) is 0 Å². The molecule has 4 heteroatoms. The first kappa shape index (κ1) is 6.25. The van der Waals surface area contributed by atoms with Crippen molar-refractivity contribution < 1.29 is 9.63 Å². The zero-order valence-corrected chi connectivity index (χ0v) is 4.89. The second kappa shape index (κ2) is 2.61. The van der Waals surface area contributed by atoms with Crippen LogP contribution in [0.25, 0.3) is 0 Å². The van der Waals surface area contributed by atoms with Crippen LogP contribution < -0.4 is 11.2 Å². The Bertz CT molecular complexity index is 147. The molecule has 0 bridgehead atoms. The number of hydrogen-bond donors (Lipinski definition) is 2. The molecule has 0 amide bonds. The van der Waals surface area contributed by atoms with Crippen molar-refractivity contribution in [2.24, 2.45) is 5.90 Å². The number of nitrogens with two attached hydrogens (primary N) is 1. The first-order valence-corrected chi connectivity index (χ1v) is 2.64. The van der Waals surface area contributed by atoms with Gasteiger partial charge < -0.3 is 10.2 Å². The highest BCUT2D eigenvalue weighted by Crippen LogP contribution is 1.99. The number of carbonyl (C=O) groups excluding carboxylic acids is 1. The molecule has 0 aromatic rings. The average Bonchev–Trinajstić information content (AvgIpc) is 1.78. The van der Waals surface area contributed by atoms with Crippen LogP contribution >= 0.6 is 0 Å². The molecule has 0 spiro atoms. The van der Waals surface area contributed by atoms with Crippen molar-refractivity contribution >= 4 is 5.97 Å². The molecule has 3 N–H and O–H groups in total. The van der Waals surface area contributed by atoms with Gasteiger partial charge in [-0.3, -0.25) is 0 Å². The van der Waals surface area contributed by atoms with E-state index in [1.807, 2.05) is 0 Å². The lowest BCUT2D eigenvalue weighted by atomic mass is 10.1. The predicted octanol–water partition coefficient (Wildman–Crippen LogP) is -1.07. The summed E-state index contributed by atoms with van der Waals surface area (Å²) in [6.45, 7) is 1.55. The molecular weight excluding hydrogens is 120 g/mol. The third kappa shape index (κ3) is 1.51. The summed E-state index contributed by atoms with van der Waals surface area (Å²) in [6, 6.07) is 0. The van der Waals surface area contributed by atoms with Crippen LogP contribution in [0.5, 0.6) is 0 Å². The van der Waals surface area contributed by atoms with Crippen molar-refractivity contribution in [1.29, 1.82) is 0 Å². The summed E-state index contributed by atoms with van der Waals surface area (Å²) in [6.07, 6.45) is 1.40. The van der Waals surface area contributed by atoms with Gasteiger partial charge in [0.2, 0.25) is 0 Å². The third-order valence-electron chi connectivity index (χ3n) is 1.14. The van der Waals surface area contributed by atoms with Crippen LogP contribution in [-0.2, 0) is 9.63 Å². The van der Waals surface area contributed by atoms with Crippen LogP contribution in [0.1, 0.15) is 0 Å². The van der Waals surface area contributed by atoms with E-state index in [1.165, 1.54) is 6.08 Å². The second-order valence-electron chi connectivity index (χ2n) is 1.84. The lowest BCUT2D eigenvalue weighted by Crippen LogP contribution is -2.34. The van der Waals surface area contributed by atoms with Gasteiger partial charge in [-0.15, -0.1) is 0 Å². The van der Waals surface area contributed by atoms with Crippen LogP contribution in [0, 0.1) is 0 Å². The van der Waals surface area contributed by atoms with E-state index < -0.39 is 5.97 Å². The second-order valence-corrected chi connectivity index (χ2v) is 1.84. The molecule has 9 heavy (non-hydrogen) atoms. The molecule has 0 aromatic heterocycles. The van der Waals surface area contributed by atoms with Gasteiger partial charge in [-0.25, -0.2) is 4.79 Å². The van der Waals surface area contributed by atoms with E-state index in [1.54, 1.807) is 0 Å². The van der Waals surface area contributed by atoms with Gasteiger partial charge in [0.15, 0.2) is 0 Å². The molecule has 0 saturated carbocycles. The predicted molar refractivity (Wildman–Crippen MR) is 31.2 cm³/mol. The Morgan fingerprint density at radius 3 is 2.78 bits per heavy atom. The summed E-state index contributed by atoms with van der Waals surface area (Å²) in [4.78, 5) is 14.3. The highest BCUT2D eigenvalue weighted by molar-refractivity contribution is 5.82. The largest absolute Gasteiger partial charge is 0.370 e. The lowest BCUT2D eigenvalue weighted by Gasteiger charge is -2.17. The van der Waals surface area contributed by atoms with Crippen molar-refractivity contribution in [2.45, 2.75) is 0 Å². The monoisotopic (exact) mass is 128 g/mol. The Morgan fingerprint density at radius 2 is 2.44 bits per heavy atom. The van der Waals surface area contributed by atoms with Crippen molar-refractivity contribution in [3.63, 3.8) is 0 Å². The maximum Gasteiger partial charge on any atom is 0.349 e. The van der Waals surface area contributed by atoms with Gasteiger partial charge in [0, 0.05) is 19.2 Å². The summed E-state index contributed by atoms with van der Waals surface area (Å²) < 4.78 is 0. The Balaban J connectivity index is 2.37. The molecule has 50 valence electrons. The summed E-state index contributed by atoms with van der Waals surface area (Å²) in [5.41, 5.74) is 1.03. The quantitative estimate of drug-likeness (QED) is 0.349. The maximum absolute atomic E-state index is 10.4. The molecule has 1 rings (SSSR count). The van der Waals surface area contributed by atoms with Gasteiger partial charge in [0.25, 0.3) is 0 Å². The fourth-order valence-electron chi connectivity index (χ4n) is 0.572. The molecule has 0 radical (unpaired) electrons. The molecular formula is C5H8N2O2. The molecule has 1 aliphatic heterocycles. The first-order valence-electron chi connectivity index (χ1n) is 2.64. The Hall–Kier alpha value is -0.870. The summed E-state index contributed by atoms with van der Waals surface area (Å²) in [5.74, 6) is 4.10. The smallest absolute Gasteiger partial charge is 0.349 e. The molecule has 0 unspecified atom stereocenters. The Kier molecular flexibility index (Phi) is 1.81. The summed E-state index contributed by atoms with van der Waals surface area (Å²) in [7, 11) is 0. The van der Waals surface area contributed by atoms with Crippen molar-refractivity contribution in [2.75, 3.05) is 13.1 Å². The van der Waals surface area contributed by atoms with Gasteiger partial charge >= 0.3 is 5.97 Å². The fraction of sp³-hybridized carbons (Fsp3) is 0.400. The van der Waals surface area contributed by atoms with Crippen LogP contribution in [0.4, 0.5) is 0 Å². The van der Waals surface area contributed by atoms with Gasteiger partial charge in [-0.1, -0.05) is 0 Å². The zero-order chi connectivity index (χ0) is 6.69. The van der Waals surface area contributed by atoms with Gasteiger partial charge in [0.1, 0.15) is 0 Å². The van der Waals surface area contributed by atoms with Crippen LogP contribution in [0.3, 0.4) is 0 Å². The fourth-order valence-corrected chi connectivity index (χ4v) is 0.572. The van der Waals surface area contributed by atoms with E-state index in [0.29, 0.717) is 0 Å².